The fourth-order valence-electron chi connectivity index (χ4n) is 3.34. The molecule has 1 saturated heterocycles. The third kappa shape index (κ3) is 4.66. The van der Waals surface area contributed by atoms with Crippen LogP contribution in [0.25, 0.3) is 0 Å². The largest absolute Gasteiger partial charge is 0.397 e. The zero-order chi connectivity index (χ0) is 20.9. The van der Waals surface area contributed by atoms with E-state index in [-0.39, 0.29) is 6.42 Å². The van der Waals surface area contributed by atoms with Crippen molar-refractivity contribution in [2.45, 2.75) is 36.6 Å². The normalized spacial score (nSPS) is 34.9. The van der Waals surface area contributed by atoms with Crippen LogP contribution in [0.15, 0.2) is 21.9 Å². The van der Waals surface area contributed by atoms with Gasteiger partial charge in [0.25, 0.3) is 5.56 Å². The molecule has 7 unspecified atom stereocenters. The molecule has 4 N–H and O–H groups in total. The second kappa shape index (κ2) is 8.25. The molecule has 1 aromatic heterocycles. The molecule has 0 radical (unpaired) electrons. The zero-order valence-electron chi connectivity index (χ0n) is 14.2. The minimum Gasteiger partial charge on any atom is -0.374 e. The summed E-state index contributed by atoms with van der Waals surface area (Å²) in [7, 11) is -2.56. The highest BCUT2D eigenvalue weighted by Crippen LogP contribution is 2.65. The predicted molar refractivity (Wildman–Crippen MR) is 106 cm³/mol. The first-order valence-electron chi connectivity index (χ1n) is 7.85. The molecule has 7 atom stereocenters. The Hall–Kier alpha value is -0.0200. The smallest absolute Gasteiger partial charge is 0.374 e. The molecule has 158 valence electrons. The first-order chi connectivity index (χ1) is 13.0. The number of aromatic nitrogens is 2. The van der Waals surface area contributed by atoms with Crippen molar-refractivity contribution in [1.29, 1.82) is 0 Å². The van der Waals surface area contributed by atoms with Crippen molar-refractivity contribution in [3.63, 3.8) is 0 Å². The van der Waals surface area contributed by atoms with Gasteiger partial charge in [-0.15, -0.1) is 0 Å². The Labute approximate surface area is 174 Å². The van der Waals surface area contributed by atoms with E-state index in [1.54, 1.807) is 21.2 Å². The molecule has 12 nitrogen and oxygen atoms in total. The fraction of sp³-hybridized carbons (Fsp3) is 0.667. The summed E-state index contributed by atoms with van der Waals surface area (Å²) in [6.07, 6.45) is -3.05. The molecule has 28 heavy (non-hydrogen) atoms. The van der Waals surface area contributed by atoms with Gasteiger partial charge >= 0.3 is 20.1 Å². The lowest BCUT2D eigenvalue weighted by molar-refractivity contribution is -0.0570. The van der Waals surface area contributed by atoms with Gasteiger partial charge in [-0.25, -0.2) is 9.36 Å². The molecular weight excluding hydrogens is 553 g/mol. The SMILES string of the molecule is COC1C(OP(=O)(O)SI)C(C2CC2P(=O)(O)O)OC1n1ccc(=O)[nH]c1=O. The number of halogens is 1. The number of nitrogens with one attached hydrogen (secondary N) is 1. The van der Waals surface area contributed by atoms with Gasteiger partial charge < -0.3 is 24.2 Å². The molecule has 0 spiro atoms. The summed E-state index contributed by atoms with van der Waals surface area (Å²) >= 11 is 1.60. The van der Waals surface area contributed by atoms with E-state index in [0.29, 0.717) is 8.55 Å². The van der Waals surface area contributed by atoms with Crippen LogP contribution in [0.3, 0.4) is 0 Å². The van der Waals surface area contributed by atoms with Gasteiger partial charge in [0.05, 0.1) is 11.8 Å². The van der Waals surface area contributed by atoms with Gasteiger partial charge in [-0.3, -0.25) is 23.4 Å². The summed E-state index contributed by atoms with van der Waals surface area (Å²) in [6.45, 7) is -4.12. The molecule has 2 aliphatic rings. The Morgan fingerprint density at radius 1 is 1.32 bits per heavy atom. The third-order valence-corrected chi connectivity index (χ3v) is 12.0. The minimum atomic E-state index is -4.39. The van der Waals surface area contributed by atoms with Crippen molar-refractivity contribution in [3.05, 3.63) is 33.1 Å². The van der Waals surface area contributed by atoms with Gasteiger partial charge in [0.1, 0.15) is 12.2 Å². The molecule has 16 heteroatoms. The lowest BCUT2D eigenvalue weighted by Gasteiger charge is -2.24. The molecule has 1 saturated carbocycles. The van der Waals surface area contributed by atoms with Crippen molar-refractivity contribution >= 4 is 44.2 Å². The van der Waals surface area contributed by atoms with Gasteiger partial charge in [-0.1, -0.05) is 0 Å². The fourth-order valence-corrected chi connectivity index (χ4v) is 6.34. The maximum atomic E-state index is 12.1. The average Bonchev–Trinajstić information content (AvgIpc) is 3.32. The Kier molecular flexibility index (Phi) is 6.68. The van der Waals surface area contributed by atoms with Crippen molar-refractivity contribution in [1.82, 2.24) is 9.55 Å². The van der Waals surface area contributed by atoms with E-state index in [0.717, 1.165) is 10.6 Å². The Bertz CT molecular complexity index is 949. The third-order valence-electron chi connectivity index (χ3n) is 4.62. The maximum Gasteiger partial charge on any atom is 0.397 e. The van der Waals surface area contributed by atoms with Crippen LogP contribution in [0.1, 0.15) is 12.6 Å². The van der Waals surface area contributed by atoms with Crippen LogP contribution >= 0.6 is 44.2 Å². The molecule has 1 aliphatic carbocycles. The standard InChI is InChI=1S/C12H17IN2O10P2S/c1-23-10-9(25-27(21,22)28-13)8(5-4-6(5)26(18,19)20)24-11(10)15-3-2-7(16)14-12(15)17/h2-3,5-6,8-11H,4H2,1H3,(H,21,22)(H,14,16,17)(H2,18,19,20). The molecule has 1 aliphatic heterocycles. The van der Waals surface area contributed by atoms with Crippen LogP contribution in [0, 0.1) is 5.92 Å². The Morgan fingerprint density at radius 2 is 2.00 bits per heavy atom. The summed E-state index contributed by atoms with van der Waals surface area (Å²) in [6, 6.07) is 1.09. The summed E-state index contributed by atoms with van der Waals surface area (Å²) in [4.78, 5) is 54.3. The molecule has 2 heterocycles. The lowest BCUT2D eigenvalue weighted by Crippen LogP contribution is -2.39. The average molecular weight is 570 g/mol. The van der Waals surface area contributed by atoms with E-state index in [2.05, 4.69) is 4.98 Å². The minimum absolute atomic E-state index is 0.131. The first-order valence-corrected chi connectivity index (χ1v) is 15.1. The molecular formula is C12H17IN2O10P2S. The summed E-state index contributed by atoms with van der Waals surface area (Å²) < 4.78 is 41.2. The van der Waals surface area contributed by atoms with E-state index in [1.165, 1.54) is 13.3 Å². The highest BCUT2D eigenvalue weighted by atomic mass is 127. The van der Waals surface area contributed by atoms with E-state index >= 15 is 0 Å². The Morgan fingerprint density at radius 3 is 2.50 bits per heavy atom. The van der Waals surface area contributed by atoms with E-state index in [4.69, 9.17) is 14.0 Å². The van der Waals surface area contributed by atoms with Crippen LogP contribution in [-0.4, -0.2) is 55.3 Å². The van der Waals surface area contributed by atoms with E-state index in [1.807, 2.05) is 0 Å². The first kappa shape index (κ1) is 22.7. The topological polar surface area (TPSA) is 177 Å². The number of hydrogen-bond acceptors (Lipinski definition) is 8. The van der Waals surface area contributed by atoms with Crippen molar-refractivity contribution in [2.24, 2.45) is 5.92 Å². The molecule has 1 aromatic rings. The summed E-state index contributed by atoms with van der Waals surface area (Å²) in [5, 5.41) is 0. The lowest BCUT2D eigenvalue weighted by atomic mass is 10.1. The summed E-state index contributed by atoms with van der Waals surface area (Å²) in [5.41, 5.74) is -2.39. The number of aromatic amines is 1. The van der Waals surface area contributed by atoms with Gasteiger partial charge in [-0.2, -0.15) is 0 Å². The van der Waals surface area contributed by atoms with Crippen molar-refractivity contribution in [2.75, 3.05) is 7.11 Å². The van der Waals surface area contributed by atoms with Crippen molar-refractivity contribution in [3.8, 4) is 0 Å². The second-order valence-corrected chi connectivity index (χ2v) is 14.8. The predicted octanol–water partition coefficient (Wildman–Crippen LogP) is 0.584. The maximum absolute atomic E-state index is 12.1. The van der Waals surface area contributed by atoms with Gasteiger partial charge in [0.15, 0.2) is 6.23 Å². The summed E-state index contributed by atoms with van der Waals surface area (Å²) in [5.74, 6) is -0.647. The zero-order valence-corrected chi connectivity index (χ0v) is 18.9. The second-order valence-electron chi connectivity index (χ2n) is 6.37. The van der Waals surface area contributed by atoms with Crippen LogP contribution in [0.2, 0.25) is 0 Å². The van der Waals surface area contributed by atoms with E-state index < -0.39 is 61.8 Å². The van der Waals surface area contributed by atoms with Crippen molar-refractivity contribution < 1.29 is 37.8 Å². The number of ether oxygens (including phenoxy) is 2. The number of nitrogens with zero attached hydrogens (tertiary/aromatic N) is 1. The van der Waals surface area contributed by atoms with Crippen LogP contribution < -0.4 is 11.2 Å². The molecule has 0 aromatic carbocycles. The highest BCUT2D eigenvalue weighted by Gasteiger charge is 2.62. The number of H-pyrrole nitrogens is 1. The number of hydrogen-bond donors (Lipinski definition) is 4. The molecule has 2 fully saturated rings. The van der Waals surface area contributed by atoms with Crippen LogP contribution in [0.5, 0.6) is 0 Å². The van der Waals surface area contributed by atoms with Crippen LogP contribution in [-0.2, 0) is 23.1 Å². The van der Waals surface area contributed by atoms with Crippen LogP contribution in [0.4, 0.5) is 0 Å². The van der Waals surface area contributed by atoms with Gasteiger partial charge in [0.2, 0.25) is 0 Å². The molecule has 0 amide bonds. The highest BCUT2D eigenvalue weighted by molar-refractivity contribution is 14.2. The number of rotatable bonds is 7. The van der Waals surface area contributed by atoms with Gasteiger partial charge in [0, 0.05) is 55.0 Å². The van der Waals surface area contributed by atoms with E-state index in [9.17, 15) is 33.4 Å². The number of methoxy groups -OCH3 is 1. The molecule has 0 bridgehead atoms. The monoisotopic (exact) mass is 570 g/mol. The quantitative estimate of drug-likeness (QED) is 0.267. The Balaban J connectivity index is 1.97. The molecule has 3 rings (SSSR count). The van der Waals surface area contributed by atoms with Gasteiger partial charge in [-0.05, 0) is 6.42 Å².